The predicted molar refractivity (Wildman–Crippen MR) is 54.8 cm³/mol. The van der Waals surface area contributed by atoms with E-state index in [1.807, 2.05) is 30.3 Å². The van der Waals surface area contributed by atoms with Crippen LogP contribution < -0.4 is 5.32 Å². The fraction of sp³-hybridized carbons (Fsp3) is 0. The number of aliphatic carboxylic acids is 1. The van der Waals surface area contributed by atoms with Gasteiger partial charge in [-0.1, -0.05) is 24.3 Å². The molecule has 0 fully saturated rings. The van der Waals surface area contributed by atoms with Gasteiger partial charge >= 0.3 is 5.97 Å². The summed E-state index contributed by atoms with van der Waals surface area (Å²) >= 11 is 0. The second-order valence-corrected chi connectivity index (χ2v) is 2.98. The maximum atomic E-state index is 10.4. The Morgan fingerprint density at radius 2 is 2.07 bits per heavy atom. The third-order valence-electron chi connectivity index (χ3n) is 1.96. The summed E-state index contributed by atoms with van der Waals surface area (Å²) in [5, 5.41) is 11.6. The van der Waals surface area contributed by atoms with Gasteiger partial charge in [-0.05, 0) is 17.7 Å². The smallest absolute Gasteiger partial charge is 0.330 e. The number of para-hydroxylation sites is 1. The summed E-state index contributed by atoms with van der Waals surface area (Å²) in [6, 6.07) is 7.73. The zero-order chi connectivity index (χ0) is 9.97. The van der Waals surface area contributed by atoms with Crippen LogP contribution in [0.3, 0.4) is 0 Å². The topological polar surface area (TPSA) is 49.3 Å². The highest BCUT2D eigenvalue weighted by atomic mass is 16.4. The van der Waals surface area contributed by atoms with Crippen molar-refractivity contribution in [2.75, 3.05) is 5.32 Å². The predicted octanol–water partition coefficient (Wildman–Crippen LogP) is 2.09. The Hall–Kier alpha value is -2.03. The van der Waals surface area contributed by atoms with Crippen LogP contribution in [0.4, 0.5) is 5.69 Å². The van der Waals surface area contributed by atoms with Gasteiger partial charge in [0.1, 0.15) is 0 Å². The number of carboxylic acids is 1. The van der Waals surface area contributed by atoms with Gasteiger partial charge in [0, 0.05) is 17.5 Å². The Kier molecular flexibility index (Phi) is 2.07. The molecule has 0 atom stereocenters. The lowest BCUT2D eigenvalue weighted by atomic mass is 10.1. The number of anilines is 1. The number of carboxylic acid groups (broad SMARTS) is 1. The van der Waals surface area contributed by atoms with Crippen molar-refractivity contribution in [3.8, 4) is 0 Å². The molecule has 0 saturated carbocycles. The minimum absolute atomic E-state index is 0.594. The largest absolute Gasteiger partial charge is 0.478 e. The van der Waals surface area contributed by atoms with Gasteiger partial charge in [-0.3, -0.25) is 0 Å². The number of fused-ring (bicyclic) bond motifs is 1. The average molecular weight is 187 g/mol. The van der Waals surface area contributed by atoms with E-state index < -0.39 is 5.97 Å². The number of carbonyl (C=O) groups is 1. The molecule has 0 saturated heterocycles. The molecule has 0 aliphatic carbocycles. The average Bonchev–Trinajstić information content (AvgIpc) is 2.17. The maximum Gasteiger partial charge on any atom is 0.330 e. The molecule has 0 spiro atoms. The van der Waals surface area contributed by atoms with Crippen molar-refractivity contribution >= 4 is 17.7 Å². The molecule has 1 aliphatic rings. The van der Waals surface area contributed by atoms with E-state index in [0.29, 0.717) is 5.70 Å². The van der Waals surface area contributed by atoms with Crippen LogP contribution in [0.1, 0.15) is 5.56 Å². The number of hydrogen-bond acceptors (Lipinski definition) is 2. The lowest BCUT2D eigenvalue weighted by molar-refractivity contribution is -0.131. The summed E-state index contributed by atoms with van der Waals surface area (Å²) < 4.78 is 0. The van der Waals surface area contributed by atoms with Crippen LogP contribution >= 0.6 is 0 Å². The number of hydrogen-bond donors (Lipinski definition) is 2. The fourth-order valence-electron chi connectivity index (χ4n) is 1.35. The van der Waals surface area contributed by atoms with Crippen molar-refractivity contribution in [2.45, 2.75) is 0 Å². The van der Waals surface area contributed by atoms with Gasteiger partial charge < -0.3 is 10.4 Å². The summed E-state index contributed by atoms with van der Waals surface area (Å²) in [5.74, 6) is -0.948. The minimum Gasteiger partial charge on any atom is -0.478 e. The van der Waals surface area contributed by atoms with Crippen LogP contribution in [-0.4, -0.2) is 11.1 Å². The number of allylic oxidation sites excluding steroid dienone is 1. The summed E-state index contributed by atoms with van der Waals surface area (Å²) in [6.07, 6.45) is 4.78. The Morgan fingerprint density at radius 1 is 1.29 bits per heavy atom. The van der Waals surface area contributed by atoms with Crippen molar-refractivity contribution in [3.05, 3.63) is 47.7 Å². The van der Waals surface area contributed by atoms with E-state index in [4.69, 9.17) is 5.11 Å². The molecule has 2 rings (SSSR count). The third kappa shape index (κ3) is 1.66. The molecule has 1 aromatic carbocycles. The Labute approximate surface area is 81.4 Å². The molecular weight excluding hydrogens is 178 g/mol. The van der Waals surface area contributed by atoms with E-state index >= 15 is 0 Å². The van der Waals surface area contributed by atoms with Crippen LogP contribution in [0.2, 0.25) is 0 Å². The highest BCUT2D eigenvalue weighted by Crippen LogP contribution is 2.23. The van der Waals surface area contributed by atoms with E-state index in [2.05, 4.69) is 5.32 Å². The molecular formula is C11H9NO2. The van der Waals surface area contributed by atoms with Crippen molar-refractivity contribution in [3.63, 3.8) is 0 Å². The van der Waals surface area contributed by atoms with E-state index in [-0.39, 0.29) is 0 Å². The molecule has 0 radical (unpaired) electrons. The molecule has 14 heavy (non-hydrogen) atoms. The standard InChI is InChI=1S/C11H9NO2/c13-11(14)7-9-6-5-8-3-1-2-4-10(8)12-9/h1-7,12H,(H,13,14)/b9-7-. The van der Waals surface area contributed by atoms with Gasteiger partial charge in [0.25, 0.3) is 0 Å². The third-order valence-corrected chi connectivity index (χ3v) is 1.96. The normalized spacial score (nSPS) is 16.1. The summed E-state index contributed by atoms with van der Waals surface area (Å²) in [7, 11) is 0. The van der Waals surface area contributed by atoms with E-state index in [1.165, 1.54) is 0 Å². The maximum absolute atomic E-state index is 10.4. The molecule has 2 N–H and O–H groups in total. The Balaban J connectivity index is 2.34. The molecule has 70 valence electrons. The van der Waals surface area contributed by atoms with Gasteiger partial charge in [0.2, 0.25) is 0 Å². The molecule has 3 heteroatoms. The van der Waals surface area contributed by atoms with Gasteiger partial charge in [-0.2, -0.15) is 0 Å². The zero-order valence-electron chi connectivity index (χ0n) is 7.40. The number of nitrogens with one attached hydrogen (secondary N) is 1. The first-order valence-corrected chi connectivity index (χ1v) is 4.24. The summed E-state index contributed by atoms with van der Waals surface area (Å²) in [5.41, 5.74) is 2.59. The zero-order valence-corrected chi connectivity index (χ0v) is 7.40. The number of rotatable bonds is 1. The molecule has 0 bridgehead atoms. The highest BCUT2D eigenvalue weighted by Gasteiger charge is 2.06. The molecule has 1 aromatic rings. The molecule has 3 nitrogen and oxygen atoms in total. The second-order valence-electron chi connectivity index (χ2n) is 2.98. The van der Waals surface area contributed by atoms with Crippen LogP contribution in [-0.2, 0) is 4.79 Å². The minimum atomic E-state index is -0.948. The van der Waals surface area contributed by atoms with Crippen LogP contribution in [0.25, 0.3) is 6.08 Å². The van der Waals surface area contributed by atoms with Crippen LogP contribution in [0, 0.1) is 0 Å². The first-order valence-electron chi connectivity index (χ1n) is 4.24. The van der Waals surface area contributed by atoms with E-state index in [0.717, 1.165) is 17.3 Å². The molecule has 1 aliphatic heterocycles. The lowest BCUT2D eigenvalue weighted by Gasteiger charge is -2.14. The Bertz CT molecular complexity index is 433. The van der Waals surface area contributed by atoms with Gasteiger partial charge in [0.15, 0.2) is 0 Å². The fourth-order valence-corrected chi connectivity index (χ4v) is 1.35. The van der Waals surface area contributed by atoms with E-state index in [1.54, 1.807) is 6.08 Å². The second kappa shape index (κ2) is 3.38. The van der Waals surface area contributed by atoms with Crippen LogP contribution in [0.5, 0.6) is 0 Å². The van der Waals surface area contributed by atoms with Gasteiger partial charge in [0.05, 0.1) is 0 Å². The van der Waals surface area contributed by atoms with Crippen molar-refractivity contribution < 1.29 is 9.90 Å². The van der Waals surface area contributed by atoms with Crippen molar-refractivity contribution in [1.82, 2.24) is 0 Å². The Morgan fingerprint density at radius 3 is 2.86 bits per heavy atom. The van der Waals surface area contributed by atoms with Gasteiger partial charge in [-0.15, -0.1) is 0 Å². The highest BCUT2D eigenvalue weighted by molar-refractivity contribution is 5.85. The summed E-state index contributed by atoms with van der Waals surface area (Å²) in [6.45, 7) is 0. The van der Waals surface area contributed by atoms with E-state index in [9.17, 15) is 4.79 Å². The van der Waals surface area contributed by atoms with Gasteiger partial charge in [-0.25, -0.2) is 4.79 Å². The van der Waals surface area contributed by atoms with Crippen LogP contribution in [0.15, 0.2) is 42.1 Å². The molecule has 0 unspecified atom stereocenters. The lowest BCUT2D eigenvalue weighted by Crippen LogP contribution is -2.05. The quantitative estimate of drug-likeness (QED) is 0.662. The first kappa shape index (κ1) is 8.56. The summed E-state index contributed by atoms with van der Waals surface area (Å²) in [4.78, 5) is 10.4. The number of benzene rings is 1. The SMILES string of the molecule is O=C(O)/C=C1/C=Cc2ccccc2N1. The molecule has 1 heterocycles. The van der Waals surface area contributed by atoms with Crippen molar-refractivity contribution in [2.24, 2.45) is 0 Å². The first-order chi connectivity index (χ1) is 6.75. The van der Waals surface area contributed by atoms with Crippen molar-refractivity contribution in [1.29, 1.82) is 0 Å². The molecule has 0 amide bonds. The molecule has 0 aromatic heterocycles. The monoisotopic (exact) mass is 187 g/mol.